The summed E-state index contributed by atoms with van der Waals surface area (Å²) in [6.07, 6.45) is 5.30. The second-order valence-corrected chi connectivity index (χ2v) is 7.89. The molecule has 1 aliphatic carbocycles. The number of hydrogen-bond donors (Lipinski definition) is 1. The van der Waals surface area contributed by atoms with Crippen molar-refractivity contribution in [1.29, 1.82) is 0 Å². The Kier molecular flexibility index (Phi) is 3.44. The predicted octanol–water partition coefficient (Wildman–Crippen LogP) is 3.29. The van der Waals surface area contributed by atoms with Gasteiger partial charge in [0.25, 0.3) is 0 Å². The molecule has 0 unspecified atom stereocenters. The van der Waals surface area contributed by atoms with Crippen molar-refractivity contribution in [2.75, 3.05) is 10.2 Å². The van der Waals surface area contributed by atoms with Crippen LogP contribution in [0.5, 0.6) is 0 Å². The summed E-state index contributed by atoms with van der Waals surface area (Å²) in [5.41, 5.74) is 2.29. The number of anilines is 2. The van der Waals surface area contributed by atoms with Crippen LogP contribution in [0.2, 0.25) is 0 Å². The minimum atomic E-state index is -0.508. The molecule has 6 nitrogen and oxygen atoms in total. The lowest BCUT2D eigenvalue weighted by molar-refractivity contribution is -0.122. The highest BCUT2D eigenvalue weighted by atomic mass is 16.2. The van der Waals surface area contributed by atoms with Gasteiger partial charge in [0.2, 0.25) is 5.91 Å². The van der Waals surface area contributed by atoms with Crippen LogP contribution in [-0.2, 0) is 10.2 Å². The lowest BCUT2D eigenvalue weighted by atomic mass is 9.84. The maximum absolute atomic E-state index is 13.0. The van der Waals surface area contributed by atoms with Gasteiger partial charge in [-0.05, 0) is 44.9 Å². The monoisotopic (exact) mass is 359 g/mol. The average molecular weight is 359 g/mol. The quantitative estimate of drug-likeness (QED) is 0.777. The molecule has 136 valence electrons. The molecule has 1 amide bonds. The first kappa shape index (κ1) is 16.2. The fraction of sp³-hybridized carbons (Fsp3) is 0.333. The summed E-state index contributed by atoms with van der Waals surface area (Å²) in [5, 5.41) is 3.45. The molecule has 1 saturated carbocycles. The third-order valence-corrected chi connectivity index (χ3v) is 5.72. The Labute approximate surface area is 157 Å². The number of para-hydroxylation sites is 2. The van der Waals surface area contributed by atoms with E-state index < -0.39 is 5.41 Å². The van der Waals surface area contributed by atoms with Crippen LogP contribution in [0.1, 0.15) is 32.3 Å². The summed E-state index contributed by atoms with van der Waals surface area (Å²) in [7, 11) is 0. The third-order valence-electron chi connectivity index (χ3n) is 5.72. The number of amides is 1. The second-order valence-electron chi connectivity index (χ2n) is 7.89. The van der Waals surface area contributed by atoms with E-state index in [9.17, 15) is 4.79 Å². The molecule has 3 aromatic rings. The van der Waals surface area contributed by atoms with E-state index in [4.69, 9.17) is 0 Å². The van der Waals surface area contributed by atoms with Crippen molar-refractivity contribution in [3.63, 3.8) is 0 Å². The lowest BCUT2D eigenvalue weighted by Gasteiger charge is -2.41. The van der Waals surface area contributed by atoms with Crippen LogP contribution in [-0.4, -0.2) is 32.9 Å². The number of carbonyl (C=O) groups excluding carboxylic acids is 1. The summed E-state index contributed by atoms with van der Waals surface area (Å²) >= 11 is 0. The van der Waals surface area contributed by atoms with E-state index in [1.807, 2.05) is 55.1 Å². The smallest absolute Gasteiger partial charge is 0.238 e. The summed E-state index contributed by atoms with van der Waals surface area (Å²) in [6, 6.07) is 12.2. The number of benzene rings is 1. The summed E-state index contributed by atoms with van der Waals surface area (Å²) in [6.45, 7) is 3.96. The molecule has 1 fully saturated rings. The first-order valence-corrected chi connectivity index (χ1v) is 9.31. The van der Waals surface area contributed by atoms with Gasteiger partial charge in [0.05, 0.1) is 22.6 Å². The first-order valence-electron chi connectivity index (χ1n) is 9.31. The predicted molar refractivity (Wildman–Crippen MR) is 105 cm³/mol. The maximum atomic E-state index is 13.0. The van der Waals surface area contributed by atoms with Crippen LogP contribution < -0.4 is 10.2 Å². The van der Waals surface area contributed by atoms with Crippen molar-refractivity contribution in [2.45, 2.75) is 44.2 Å². The Hall–Kier alpha value is -3.02. The molecule has 0 bridgehead atoms. The van der Waals surface area contributed by atoms with Gasteiger partial charge in [-0.25, -0.2) is 9.97 Å². The molecule has 0 saturated heterocycles. The fourth-order valence-corrected chi connectivity index (χ4v) is 4.08. The van der Waals surface area contributed by atoms with E-state index in [-0.39, 0.29) is 18.0 Å². The number of nitrogens with one attached hydrogen (secondary N) is 1. The van der Waals surface area contributed by atoms with Gasteiger partial charge in [-0.2, -0.15) is 0 Å². The SMILES string of the molecule is CC1(C)C(=O)N([C@H]2C[C@H](Nc3cnc4ccccc4n3)C2)c2ncccc21. The van der Waals surface area contributed by atoms with Crippen molar-refractivity contribution in [1.82, 2.24) is 15.0 Å². The van der Waals surface area contributed by atoms with Crippen molar-refractivity contribution >= 4 is 28.6 Å². The van der Waals surface area contributed by atoms with Gasteiger partial charge >= 0.3 is 0 Å². The second kappa shape index (κ2) is 5.74. The van der Waals surface area contributed by atoms with Gasteiger partial charge in [0.15, 0.2) is 0 Å². The van der Waals surface area contributed by atoms with Gasteiger partial charge < -0.3 is 5.32 Å². The summed E-state index contributed by atoms with van der Waals surface area (Å²) in [5.74, 6) is 1.75. The number of rotatable bonds is 3. The number of aromatic nitrogens is 3. The van der Waals surface area contributed by atoms with Crippen LogP contribution in [0.4, 0.5) is 11.6 Å². The Morgan fingerprint density at radius 1 is 1.07 bits per heavy atom. The number of nitrogens with zero attached hydrogens (tertiary/aromatic N) is 4. The van der Waals surface area contributed by atoms with Gasteiger partial charge in [0, 0.05) is 23.8 Å². The Bertz CT molecular complexity index is 1040. The molecule has 2 aliphatic rings. The zero-order chi connectivity index (χ0) is 18.6. The number of carbonyl (C=O) groups is 1. The van der Waals surface area contributed by atoms with Crippen LogP contribution >= 0.6 is 0 Å². The van der Waals surface area contributed by atoms with Crippen molar-refractivity contribution in [3.8, 4) is 0 Å². The largest absolute Gasteiger partial charge is 0.366 e. The molecule has 1 N–H and O–H groups in total. The number of pyridine rings is 1. The van der Waals surface area contributed by atoms with Crippen LogP contribution in [0, 0.1) is 0 Å². The minimum Gasteiger partial charge on any atom is -0.366 e. The third kappa shape index (κ3) is 2.47. The van der Waals surface area contributed by atoms with E-state index in [0.29, 0.717) is 0 Å². The van der Waals surface area contributed by atoms with E-state index in [1.54, 1.807) is 12.4 Å². The first-order chi connectivity index (χ1) is 13.0. The normalized spacial score (nSPS) is 23.2. The molecule has 5 rings (SSSR count). The van der Waals surface area contributed by atoms with Crippen LogP contribution in [0.25, 0.3) is 11.0 Å². The highest BCUT2D eigenvalue weighted by molar-refractivity contribution is 6.07. The minimum absolute atomic E-state index is 0.144. The Balaban J connectivity index is 1.31. The van der Waals surface area contributed by atoms with Crippen LogP contribution in [0.15, 0.2) is 48.8 Å². The van der Waals surface area contributed by atoms with Gasteiger partial charge in [-0.3, -0.25) is 14.7 Å². The van der Waals surface area contributed by atoms with E-state index in [0.717, 1.165) is 41.1 Å². The standard InChI is InChI=1S/C21H21N5O/c1-21(2)15-6-5-9-22-19(15)26(20(21)27)14-10-13(11-14)24-18-12-23-16-7-3-4-8-17(16)25-18/h3-9,12-14H,10-11H2,1-2H3,(H,24,25)/t13-,14-. The molecule has 6 heteroatoms. The van der Waals surface area contributed by atoms with Crippen LogP contribution in [0.3, 0.4) is 0 Å². The van der Waals surface area contributed by atoms with Crippen molar-refractivity contribution < 1.29 is 4.79 Å². The Morgan fingerprint density at radius 2 is 1.85 bits per heavy atom. The molecular formula is C21H21N5O. The molecule has 2 aromatic heterocycles. The molecule has 1 aliphatic heterocycles. The molecule has 0 atom stereocenters. The van der Waals surface area contributed by atoms with E-state index >= 15 is 0 Å². The topological polar surface area (TPSA) is 71.0 Å². The molecule has 27 heavy (non-hydrogen) atoms. The fourth-order valence-electron chi connectivity index (χ4n) is 4.08. The average Bonchev–Trinajstić information content (AvgIpc) is 2.85. The molecule has 0 radical (unpaired) electrons. The molecule has 0 spiro atoms. The molecule has 1 aromatic carbocycles. The van der Waals surface area contributed by atoms with Crippen molar-refractivity contribution in [3.05, 3.63) is 54.4 Å². The highest BCUT2D eigenvalue weighted by Crippen LogP contribution is 2.44. The zero-order valence-electron chi connectivity index (χ0n) is 15.4. The summed E-state index contributed by atoms with van der Waals surface area (Å²) < 4.78 is 0. The maximum Gasteiger partial charge on any atom is 0.238 e. The molecule has 3 heterocycles. The highest BCUT2D eigenvalue weighted by Gasteiger charge is 2.50. The lowest BCUT2D eigenvalue weighted by Crippen LogP contribution is -2.53. The van der Waals surface area contributed by atoms with Gasteiger partial charge in [-0.1, -0.05) is 18.2 Å². The zero-order valence-corrected chi connectivity index (χ0v) is 15.4. The van der Waals surface area contributed by atoms with Gasteiger partial charge in [-0.15, -0.1) is 0 Å². The van der Waals surface area contributed by atoms with E-state index in [2.05, 4.69) is 20.3 Å². The number of hydrogen-bond acceptors (Lipinski definition) is 5. The molecular weight excluding hydrogens is 338 g/mol. The Morgan fingerprint density at radius 3 is 2.67 bits per heavy atom. The van der Waals surface area contributed by atoms with Gasteiger partial charge in [0.1, 0.15) is 11.6 Å². The number of fused-ring (bicyclic) bond motifs is 2. The van der Waals surface area contributed by atoms with E-state index in [1.165, 1.54) is 0 Å². The van der Waals surface area contributed by atoms with Crippen molar-refractivity contribution in [2.24, 2.45) is 0 Å². The summed E-state index contributed by atoms with van der Waals surface area (Å²) in [4.78, 5) is 28.4.